The van der Waals surface area contributed by atoms with Gasteiger partial charge in [-0.15, -0.1) is 36.2 Å². The van der Waals surface area contributed by atoms with E-state index in [1.54, 1.807) is 12.1 Å². The number of carbonyl (C=O) groups excluding carboxylic acids is 1. The lowest BCUT2D eigenvalue weighted by molar-refractivity contribution is 0.0934. The van der Waals surface area contributed by atoms with Crippen LogP contribution in [-0.4, -0.2) is 30.0 Å². The molecule has 3 rings (SSSR count). The number of rotatable bonds is 4. The van der Waals surface area contributed by atoms with Crippen LogP contribution in [0.1, 0.15) is 38.8 Å². The average Bonchev–Trinajstić information content (AvgIpc) is 2.91. The first-order chi connectivity index (χ1) is 11.1. The maximum absolute atomic E-state index is 13.0. The molecule has 1 aliphatic heterocycles. The molecule has 1 amide bonds. The highest BCUT2D eigenvalue weighted by atomic mass is 35.5. The van der Waals surface area contributed by atoms with Gasteiger partial charge in [-0.2, -0.15) is 0 Å². The van der Waals surface area contributed by atoms with Crippen LogP contribution in [-0.2, 0) is 6.42 Å². The number of nitrogens with zero attached hydrogens (tertiary/aromatic N) is 1. The van der Waals surface area contributed by atoms with Gasteiger partial charge in [0, 0.05) is 19.0 Å². The number of aryl methyl sites for hydroxylation is 1. The zero-order valence-corrected chi connectivity index (χ0v) is 16.3. The summed E-state index contributed by atoms with van der Waals surface area (Å²) in [6.45, 7) is 3.71. The van der Waals surface area contributed by atoms with E-state index in [0.717, 1.165) is 42.2 Å². The summed E-state index contributed by atoms with van der Waals surface area (Å²) in [7, 11) is 0. The van der Waals surface area contributed by atoms with Gasteiger partial charge in [0.2, 0.25) is 0 Å². The largest absolute Gasteiger partial charge is 0.347 e. The summed E-state index contributed by atoms with van der Waals surface area (Å²) >= 11 is 1.42. The highest BCUT2D eigenvalue weighted by molar-refractivity contribution is 7.13. The van der Waals surface area contributed by atoms with Gasteiger partial charge in [-0.05, 0) is 44.0 Å². The van der Waals surface area contributed by atoms with Crippen molar-refractivity contribution >= 4 is 42.1 Å². The normalized spacial score (nSPS) is 16.5. The van der Waals surface area contributed by atoms with Crippen LogP contribution in [0.2, 0.25) is 0 Å². The Bertz CT molecular complexity index is 688. The Morgan fingerprint density at radius 1 is 1.36 bits per heavy atom. The summed E-state index contributed by atoms with van der Waals surface area (Å²) in [6.07, 6.45) is 2.71. The molecule has 0 saturated carbocycles. The molecule has 1 fully saturated rings. The van der Waals surface area contributed by atoms with Crippen LogP contribution in [0.5, 0.6) is 0 Å². The van der Waals surface area contributed by atoms with Crippen molar-refractivity contribution in [2.45, 2.75) is 32.2 Å². The van der Waals surface area contributed by atoms with E-state index < -0.39 is 0 Å². The van der Waals surface area contributed by atoms with E-state index in [0.29, 0.717) is 11.3 Å². The fourth-order valence-corrected chi connectivity index (χ4v) is 3.74. The van der Waals surface area contributed by atoms with Crippen molar-refractivity contribution in [1.29, 1.82) is 0 Å². The van der Waals surface area contributed by atoms with Crippen LogP contribution in [0.25, 0.3) is 0 Å². The first-order valence-electron chi connectivity index (χ1n) is 7.84. The van der Waals surface area contributed by atoms with Gasteiger partial charge < -0.3 is 10.6 Å². The van der Waals surface area contributed by atoms with Gasteiger partial charge in [-0.25, -0.2) is 9.37 Å². The number of thiazole rings is 1. The van der Waals surface area contributed by atoms with E-state index >= 15 is 0 Å². The van der Waals surface area contributed by atoms with Gasteiger partial charge >= 0.3 is 0 Å². The van der Waals surface area contributed by atoms with E-state index in [-0.39, 0.29) is 42.6 Å². The summed E-state index contributed by atoms with van der Waals surface area (Å²) in [5, 5.41) is 7.25. The predicted molar refractivity (Wildman–Crippen MR) is 104 cm³/mol. The summed E-state index contributed by atoms with van der Waals surface area (Å²) in [5.74, 6) is -0.288. The number of nitrogens with one attached hydrogen (secondary N) is 2. The smallest absolute Gasteiger partial charge is 0.263 e. The van der Waals surface area contributed by atoms with Crippen LogP contribution >= 0.6 is 36.2 Å². The highest BCUT2D eigenvalue weighted by Crippen LogP contribution is 2.21. The summed E-state index contributed by atoms with van der Waals surface area (Å²) < 4.78 is 13.0. The van der Waals surface area contributed by atoms with Crippen molar-refractivity contribution in [3.63, 3.8) is 0 Å². The second-order valence-electron chi connectivity index (χ2n) is 5.84. The minimum Gasteiger partial charge on any atom is -0.347 e. The van der Waals surface area contributed by atoms with Crippen LogP contribution in [0.4, 0.5) is 4.39 Å². The molecule has 0 bridgehead atoms. The molecule has 2 N–H and O–H groups in total. The molecule has 1 atom stereocenters. The quantitative estimate of drug-likeness (QED) is 0.817. The summed E-state index contributed by atoms with van der Waals surface area (Å²) in [6, 6.07) is 6.58. The van der Waals surface area contributed by atoms with E-state index in [1.807, 2.05) is 6.92 Å². The molecular weight excluding hydrogens is 384 g/mol. The molecule has 4 nitrogen and oxygen atoms in total. The van der Waals surface area contributed by atoms with Crippen molar-refractivity contribution in [3.8, 4) is 0 Å². The number of hydrogen-bond acceptors (Lipinski definition) is 4. The van der Waals surface area contributed by atoms with Gasteiger partial charge in [0.15, 0.2) is 0 Å². The third-order valence-corrected chi connectivity index (χ3v) is 5.10. The maximum atomic E-state index is 13.0. The molecule has 25 heavy (non-hydrogen) atoms. The number of halogens is 3. The Labute approximate surface area is 163 Å². The Hall–Kier alpha value is -1.21. The maximum Gasteiger partial charge on any atom is 0.263 e. The lowest BCUT2D eigenvalue weighted by Gasteiger charge is -2.23. The molecular formula is C17H22Cl2FN3OS. The lowest BCUT2D eigenvalue weighted by atomic mass is 10.1. The standard InChI is InChI=1S/C17H20FN3OS.2ClH/c1-11-16(17(22)21-14-3-2-8-19-10-14)23-15(20-11)9-12-4-6-13(18)7-5-12;;/h4-7,14,19H,2-3,8-10H2,1H3,(H,21,22);2*1H. The van der Waals surface area contributed by atoms with Crippen molar-refractivity contribution in [2.24, 2.45) is 0 Å². The molecule has 1 unspecified atom stereocenters. The highest BCUT2D eigenvalue weighted by Gasteiger charge is 2.20. The third kappa shape index (κ3) is 5.92. The zero-order chi connectivity index (χ0) is 16.2. The zero-order valence-electron chi connectivity index (χ0n) is 13.9. The molecule has 1 aliphatic rings. The third-order valence-electron chi connectivity index (χ3n) is 3.95. The average molecular weight is 406 g/mol. The van der Waals surface area contributed by atoms with Crippen molar-refractivity contribution < 1.29 is 9.18 Å². The van der Waals surface area contributed by atoms with E-state index in [2.05, 4.69) is 15.6 Å². The molecule has 0 aliphatic carbocycles. The van der Waals surface area contributed by atoms with Gasteiger partial charge in [0.25, 0.3) is 5.91 Å². The Kier molecular flexibility index (Phi) is 8.79. The van der Waals surface area contributed by atoms with Crippen LogP contribution in [0.15, 0.2) is 24.3 Å². The first kappa shape index (κ1) is 21.8. The fraction of sp³-hybridized carbons (Fsp3) is 0.412. The first-order valence-corrected chi connectivity index (χ1v) is 8.66. The Balaban J connectivity index is 0.00000156. The monoisotopic (exact) mass is 405 g/mol. The number of benzene rings is 1. The Morgan fingerprint density at radius 2 is 2.08 bits per heavy atom. The number of piperidine rings is 1. The minimum absolute atomic E-state index is 0. The van der Waals surface area contributed by atoms with E-state index in [9.17, 15) is 9.18 Å². The molecule has 8 heteroatoms. The molecule has 2 aromatic rings. The second kappa shape index (κ2) is 10.1. The predicted octanol–water partition coefficient (Wildman–Crippen LogP) is 3.51. The number of carbonyl (C=O) groups is 1. The van der Waals surface area contributed by atoms with Gasteiger partial charge in [0.1, 0.15) is 10.7 Å². The van der Waals surface area contributed by atoms with Crippen molar-refractivity contribution in [2.75, 3.05) is 13.1 Å². The van der Waals surface area contributed by atoms with E-state index in [1.165, 1.54) is 23.5 Å². The minimum atomic E-state index is -0.245. The lowest BCUT2D eigenvalue weighted by Crippen LogP contribution is -2.45. The molecule has 2 heterocycles. The van der Waals surface area contributed by atoms with Crippen molar-refractivity contribution in [1.82, 2.24) is 15.6 Å². The van der Waals surface area contributed by atoms with Gasteiger partial charge in [0.05, 0.1) is 10.7 Å². The van der Waals surface area contributed by atoms with Gasteiger partial charge in [-0.3, -0.25) is 4.79 Å². The molecule has 0 spiro atoms. The number of amides is 1. The SMILES string of the molecule is Cc1nc(Cc2ccc(F)cc2)sc1C(=O)NC1CCCNC1.Cl.Cl. The fourth-order valence-electron chi connectivity index (χ4n) is 2.74. The molecule has 0 radical (unpaired) electrons. The molecule has 1 saturated heterocycles. The van der Waals surface area contributed by atoms with Gasteiger partial charge in [-0.1, -0.05) is 12.1 Å². The Morgan fingerprint density at radius 3 is 2.72 bits per heavy atom. The van der Waals surface area contributed by atoms with Crippen LogP contribution < -0.4 is 10.6 Å². The van der Waals surface area contributed by atoms with Crippen molar-refractivity contribution in [3.05, 3.63) is 51.2 Å². The second-order valence-corrected chi connectivity index (χ2v) is 6.93. The number of aromatic nitrogens is 1. The number of hydrogen-bond donors (Lipinski definition) is 2. The molecule has 138 valence electrons. The molecule has 1 aromatic carbocycles. The van der Waals surface area contributed by atoms with E-state index in [4.69, 9.17) is 0 Å². The molecule has 1 aromatic heterocycles. The van der Waals surface area contributed by atoms with Crippen LogP contribution in [0, 0.1) is 12.7 Å². The summed E-state index contributed by atoms with van der Waals surface area (Å²) in [4.78, 5) is 17.6. The topological polar surface area (TPSA) is 54.0 Å². The summed E-state index contributed by atoms with van der Waals surface area (Å²) in [5.41, 5.74) is 1.75. The van der Waals surface area contributed by atoms with Crippen LogP contribution in [0.3, 0.4) is 0 Å².